The monoisotopic (exact) mass is 216 g/mol. The van der Waals surface area contributed by atoms with Crippen molar-refractivity contribution in [2.75, 3.05) is 6.79 Å². The van der Waals surface area contributed by atoms with E-state index in [0.717, 1.165) is 10.0 Å². The quantitative estimate of drug-likeness (QED) is 0.768. The topological polar surface area (TPSA) is 29.5 Å². The SMILES string of the molecule is Cc1ccc(OCO)c(Br)c1. The van der Waals surface area contributed by atoms with E-state index in [1.807, 2.05) is 25.1 Å². The third kappa shape index (κ3) is 2.20. The summed E-state index contributed by atoms with van der Waals surface area (Å²) in [6.07, 6.45) is 0. The summed E-state index contributed by atoms with van der Waals surface area (Å²) < 4.78 is 5.77. The van der Waals surface area contributed by atoms with E-state index in [2.05, 4.69) is 15.9 Å². The standard InChI is InChI=1S/C8H9BrO2/c1-6-2-3-8(11-5-10)7(9)4-6/h2-4,10H,5H2,1H3. The normalized spacial score (nSPS) is 9.73. The predicted molar refractivity (Wildman–Crippen MR) is 46.6 cm³/mol. The Bertz CT molecular complexity index is 248. The fourth-order valence-electron chi connectivity index (χ4n) is 0.792. The molecular formula is C8H9BrO2. The van der Waals surface area contributed by atoms with Crippen LogP contribution in [0, 0.1) is 6.92 Å². The minimum Gasteiger partial charge on any atom is -0.467 e. The molecule has 1 rings (SSSR count). The van der Waals surface area contributed by atoms with E-state index in [0.29, 0.717) is 5.75 Å². The van der Waals surface area contributed by atoms with E-state index in [4.69, 9.17) is 9.84 Å². The molecule has 0 spiro atoms. The highest BCUT2D eigenvalue weighted by molar-refractivity contribution is 9.10. The van der Waals surface area contributed by atoms with Gasteiger partial charge in [-0.2, -0.15) is 0 Å². The van der Waals surface area contributed by atoms with E-state index < -0.39 is 0 Å². The van der Waals surface area contributed by atoms with E-state index in [-0.39, 0.29) is 6.79 Å². The van der Waals surface area contributed by atoms with Crippen molar-refractivity contribution >= 4 is 15.9 Å². The van der Waals surface area contributed by atoms with Crippen molar-refractivity contribution in [3.05, 3.63) is 28.2 Å². The summed E-state index contributed by atoms with van der Waals surface area (Å²) in [5.74, 6) is 0.665. The number of halogens is 1. The molecule has 0 saturated carbocycles. The van der Waals surface area contributed by atoms with Crippen LogP contribution < -0.4 is 4.74 Å². The van der Waals surface area contributed by atoms with Gasteiger partial charge in [-0.1, -0.05) is 6.07 Å². The molecule has 0 heterocycles. The maximum absolute atomic E-state index is 8.47. The van der Waals surface area contributed by atoms with Gasteiger partial charge >= 0.3 is 0 Å². The van der Waals surface area contributed by atoms with Crippen LogP contribution >= 0.6 is 15.9 Å². The van der Waals surface area contributed by atoms with Crippen molar-refractivity contribution in [2.24, 2.45) is 0 Å². The summed E-state index contributed by atoms with van der Waals surface area (Å²) in [5, 5.41) is 8.47. The average molecular weight is 217 g/mol. The highest BCUT2D eigenvalue weighted by Gasteiger charge is 1.98. The lowest BCUT2D eigenvalue weighted by atomic mass is 10.2. The number of aliphatic hydroxyl groups is 1. The number of hydrogen-bond donors (Lipinski definition) is 1. The Balaban J connectivity index is 2.90. The number of benzene rings is 1. The molecule has 3 heteroatoms. The molecule has 0 radical (unpaired) electrons. The van der Waals surface area contributed by atoms with Gasteiger partial charge in [0, 0.05) is 0 Å². The van der Waals surface area contributed by atoms with Crippen LogP contribution in [0.4, 0.5) is 0 Å². The predicted octanol–water partition coefficient (Wildman–Crippen LogP) is 2.09. The van der Waals surface area contributed by atoms with Gasteiger partial charge in [-0.3, -0.25) is 0 Å². The van der Waals surface area contributed by atoms with E-state index in [1.54, 1.807) is 0 Å². The molecule has 0 aromatic heterocycles. The van der Waals surface area contributed by atoms with Crippen molar-refractivity contribution < 1.29 is 9.84 Å². The number of ether oxygens (including phenoxy) is 1. The molecule has 60 valence electrons. The van der Waals surface area contributed by atoms with Crippen LogP contribution in [0.2, 0.25) is 0 Å². The van der Waals surface area contributed by atoms with E-state index in [9.17, 15) is 0 Å². The Kier molecular flexibility index (Phi) is 2.91. The Hall–Kier alpha value is -0.540. The van der Waals surface area contributed by atoms with Gasteiger partial charge in [0.1, 0.15) is 5.75 Å². The molecule has 11 heavy (non-hydrogen) atoms. The summed E-state index contributed by atoms with van der Waals surface area (Å²) in [4.78, 5) is 0. The van der Waals surface area contributed by atoms with Crippen LogP contribution in [-0.4, -0.2) is 11.9 Å². The lowest BCUT2D eigenvalue weighted by Gasteiger charge is -2.04. The first kappa shape index (κ1) is 8.56. The number of rotatable bonds is 2. The highest BCUT2D eigenvalue weighted by Crippen LogP contribution is 2.25. The van der Waals surface area contributed by atoms with Crippen molar-refractivity contribution in [1.29, 1.82) is 0 Å². The van der Waals surface area contributed by atoms with Crippen LogP contribution in [0.1, 0.15) is 5.56 Å². The van der Waals surface area contributed by atoms with Crippen LogP contribution in [0.5, 0.6) is 5.75 Å². The second-order valence-electron chi connectivity index (χ2n) is 2.21. The molecule has 0 saturated heterocycles. The smallest absolute Gasteiger partial charge is 0.186 e. The largest absolute Gasteiger partial charge is 0.467 e. The zero-order valence-electron chi connectivity index (χ0n) is 6.17. The molecule has 0 atom stereocenters. The van der Waals surface area contributed by atoms with Crippen LogP contribution in [0.15, 0.2) is 22.7 Å². The molecule has 0 bridgehead atoms. The Labute approximate surface area is 73.9 Å². The fraction of sp³-hybridized carbons (Fsp3) is 0.250. The zero-order valence-corrected chi connectivity index (χ0v) is 7.76. The molecule has 1 N–H and O–H groups in total. The molecule has 0 aliphatic carbocycles. The first-order valence-electron chi connectivity index (χ1n) is 3.24. The third-order valence-electron chi connectivity index (χ3n) is 1.31. The third-order valence-corrected chi connectivity index (χ3v) is 1.93. The van der Waals surface area contributed by atoms with Gasteiger partial charge in [-0.25, -0.2) is 0 Å². The lowest BCUT2D eigenvalue weighted by molar-refractivity contribution is 0.0978. The molecular weight excluding hydrogens is 208 g/mol. The van der Waals surface area contributed by atoms with Crippen LogP contribution in [-0.2, 0) is 0 Å². The van der Waals surface area contributed by atoms with Gasteiger partial charge in [0.2, 0.25) is 0 Å². The number of aryl methyl sites for hydroxylation is 1. The molecule has 1 aromatic rings. The molecule has 1 aromatic carbocycles. The molecule has 2 nitrogen and oxygen atoms in total. The van der Waals surface area contributed by atoms with E-state index >= 15 is 0 Å². The van der Waals surface area contributed by atoms with Gasteiger partial charge in [-0.05, 0) is 40.5 Å². The van der Waals surface area contributed by atoms with Crippen LogP contribution in [0.25, 0.3) is 0 Å². The Morgan fingerprint density at radius 3 is 2.82 bits per heavy atom. The molecule has 0 unspecified atom stereocenters. The second kappa shape index (κ2) is 3.74. The highest BCUT2D eigenvalue weighted by atomic mass is 79.9. The first-order valence-corrected chi connectivity index (χ1v) is 4.03. The zero-order chi connectivity index (χ0) is 8.27. The minimum atomic E-state index is -0.290. The Morgan fingerprint density at radius 2 is 2.27 bits per heavy atom. The van der Waals surface area contributed by atoms with Gasteiger partial charge in [-0.15, -0.1) is 0 Å². The fourth-order valence-corrected chi connectivity index (χ4v) is 1.40. The molecule has 0 amide bonds. The maximum atomic E-state index is 8.47. The van der Waals surface area contributed by atoms with Gasteiger partial charge in [0.25, 0.3) is 0 Å². The second-order valence-corrected chi connectivity index (χ2v) is 3.06. The summed E-state index contributed by atoms with van der Waals surface area (Å²) in [6, 6.07) is 5.68. The van der Waals surface area contributed by atoms with E-state index in [1.165, 1.54) is 0 Å². The maximum Gasteiger partial charge on any atom is 0.186 e. The molecule has 0 fully saturated rings. The molecule has 0 aliphatic rings. The first-order chi connectivity index (χ1) is 5.24. The minimum absolute atomic E-state index is 0.290. The summed E-state index contributed by atoms with van der Waals surface area (Å²) >= 11 is 3.31. The van der Waals surface area contributed by atoms with Crippen molar-refractivity contribution in [3.63, 3.8) is 0 Å². The average Bonchev–Trinajstić information content (AvgIpc) is 1.95. The lowest BCUT2D eigenvalue weighted by Crippen LogP contribution is -1.95. The number of aliphatic hydroxyl groups excluding tert-OH is 1. The summed E-state index contributed by atoms with van der Waals surface area (Å²) in [5.41, 5.74) is 1.15. The number of hydrogen-bond acceptors (Lipinski definition) is 2. The van der Waals surface area contributed by atoms with Crippen molar-refractivity contribution in [3.8, 4) is 5.75 Å². The van der Waals surface area contributed by atoms with Crippen molar-refractivity contribution in [2.45, 2.75) is 6.92 Å². The van der Waals surface area contributed by atoms with Gasteiger partial charge in [0.05, 0.1) is 4.47 Å². The Morgan fingerprint density at radius 1 is 1.55 bits per heavy atom. The summed E-state index contributed by atoms with van der Waals surface area (Å²) in [6.45, 7) is 1.70. The van der Waals surface area contributed by atoms with Gasteiger partial charge < -0.3 is 9.84 Å². The summed E-state index contributed by atoms with van der Waals surface area (Å²) in [7, 11) is 0. The van der Waals surface area contributed by atoms with Gasteiger partial charge in [0.15, 0.2) is 6.79 Å². The van der Waals surface area contributed by atoms with Crippen LogP contribution in [0.3, 0.4) is 0 Å². The molecule has 0 aliphatic heterocycles. The van der Waals surface area contributed by atoms with Crippen molar-refractivity contribution in [1.82, 2.24) is 0 Å².